The van der Waals surface area contributed by atoms with Crippen molar-refractivity contribution in [3.63, 3.8) is 0 Å². The molecule has 0 unspecified atom stereocenters. The van der Waals surface area contributed by atoms with E-state index in [1.165, 1.54) is 25.3 Å². The standard InChI is InChI=1S/C18H17ClO5S/c1-10(2)24-17-12(19)8-11(9-14(17)23-3)4-5-13(20)15-6-7-16(25-15)18(21)22/h4-10H,1-3H3,(H,21,22)/b5-4+. The van der Waals surface area contributed by atoms with Crippen LogP contribution in [0.3, 0.4) is 0 Å². The van der Waals surface area contributed by atoms with E-state index in [-0.39, 0.29) is 16.8 Å². The molecule has 0 saturated carbocycles. The van der Waals surface area contributed by atoms with E-state index in [1.54, 1.807) is 18.2 Å². The quantitative estimate of drug-likeness (QED) is 0.552. The van der Waals surface area contributed by atoms with E-state index in [1.807, 2.05) is 13.8 Å². The number of aromatic carboxylic acids is 1. The molecule has 0 bridgehead atoms. The zero-order valence-electron chi connectivity index (χ0n) is 13.9. The number of thiophene rings is 1. The molecule has 0 aliphatic rings. The van der Waals surface area contributed by atoms with E-state index in [9.17, 15) is 9.59 Å². The molecule has 1 aromatic carbocycles. The Morgan fingerprint density at radius 1 is 1.24 bits per heavy atom. The minimum atomic E-state index is -1.05. The van der Waals surface area contributed by atoms with Gasteiger partial charge in [-0.25, -0.2) is 4.79 Å². The minimum Gasteiger partial charge on any atom is -0.493 e. The van der Waals surface area contributed by atoms with E-state index in [2.05, 4.69) is 0 Å². The van der Waals surface area contributed by atoms with Crippen LogP contribution in [0.25, 0.3) is 6.08 Å². The van der Waals surface area contributed by atoms with Crippen molar-refractivity contribution in [3.8, 4) is 11.5 Å². The number of hydrogen-bond donors (Lipinski definition) is 1. The summed E-state index contributed by atoms with van der Waals surface area (Å²) in [6.45, 7) is 3.77. The minimum absolute atomic E-state index is 0.0587. The van der Waals surface area contributed by atoms with E-state index in [0.717, 1.165) is 11.3 Å². The molecule has 2 aromatic rings. The highest BCUT2D eigenvalue weighted by atomic mass is 35.5. The van der Waals surface area contributed by atoms with Crippen LogP contribution in [0.15, 0.2) is 30.3 Å². The molecule has 2 rings (SSSR count). The topological polar surface area (TPSA) is 72.8 Å². The zero-order valence-corrected chi connectivity index (χ0v) is 15.5. The van der Waals surface area contributed by atoms with Gasteiger partial charge in [0.25, 0.3) is 0 Å². The molecule has 1 N–H and O–H groups in total. The number of ketones is 1. The van der Waals surface area contributed by atoms with Crippen LogP contribution in [0.2, 0.25) is 5.02 Å². The summed E-state index contributed by atoms with van der Waals surface area (Å²) in [6, 6.07) is 6.28. The average molecular weight is 381 g/mol. The van der Waals surface area contributed by atoms with Gasteiger partial charge in [0.15, 0.2) is 17.3 Å². The number of rotatable bonds is 7. The van der Waals surface area contributed by atoms with Crippen molar-refractivity contribution in [2.24, 2.45) is 0 Å². The van der Waals surface area contributed by atoms with Crippen LogP contribution >= 0.6 is 22.9 Å². The number of carbonyl (C=O) groups excluding carboxylic acids is 1. The Morgan fingerprint density at radius 2 is 1.92 bits per heavy atom. The van der Waals surface area contributed by atoms with Gasteiger partial charge in [0.05, 0.1) is 23.1 Å². The van der Waals surface area contributed by atoms with Crippen molar-refractivity contribution in [1.29, 1.82) is 0 Å². The van der Waals surface area contributed by atoms with Crippen molar-refractivity contribution in [2.75, 3.05) is 7.11 Å². The van der Waals surface area contributed by atoms with Crippen molar-refractivity contribution < 1.29 is 24.2 Å². The first kappa shape index (κ1) is 19.0. The molecule has 5 nitrogen and oxygen atoms in total. The van der Waals surface area contributed by atoms with Crippen molar-refractivity contribution in [3.05, 3.63) is 50.7 Å². The Kier molecular flexibility index (Phi) is 6.22. The van der Waals surface area contributed by atoms with Crippen LogP contribution in [0, 0.1) is 0 Å². The van der Waals surface area contributed by atoms with Crippen molar-refractivity contribution in [2.45, 2.75) is 20.0 Å². The predicted octanol–water partition coefficient (Wildman–Crippen LogP) is 4.79. The summed E-state index contributed by atoms with van der Waals surface area (Å²) >= 11 is 7.17. The molecule has 0 aliphatic carbocycles. The highest BCUT2D eigenvalue weighted by Crippen LogP contribution is 2.37. The normalized spacial score (nSPS) is 11.1. The fourth-order valence-corrected chi connectivity index (χ4v) is 3.05. The Bertz CT molecular complexity index is 823. The van der Waals surface area contributed by atoms with Crippen LogP contribution in [-0.4, -0.2) is 30.1 Å². The molecule has 0 aliphatic heterocycles. The summed E-state index contributed by atoms with van der Waals surface area (Å²) in [5.41, 5.74) is 0.668. The lowest BCUT2D eigenvalue weighted by molar-refractivity contribution is 0.0702. The van der Waals surface area contributed by atoms with Crippen LogP contribution in [0.4, 0.5) is 0 Å². The summed E-state index contributed by atoms with van der Waals surface area (Å²) < 4.78 is 10.9. The largest absolute Gasteiger partial charge is 0.493 e. The molecule has 25 heavy (non-hydrogen) atoms. The van der Waals surface area contributed by atoms with E-state index >= 15 is 0 Å². The number of halogens is 1. The Morgan fingerprint density at radius 3 is 2.48 bits per heavy atom. The SMILES string of the molecule is COc1cc(/C=C/C(=O)c2ccc(C(=O)O)s2)cc(Cl)c1OC(C)C. The highest BCUT2D eigenvalue weighted by molar-refractivity contribution is 7.16. The van der Waals surface area contributed by atoms with Gasteiger partial charge in [-0.2, -0.15) is 0 Å². The first-order valence-electron chi connectivity index (χ1n) is 7.41. The van der Waals surface area contributed by atoms with Gasteiger partial charge < -0.3 is 14.6 Å². The van der Waals surface area contributed by atoms with Crippen molar-refractivity contribution >= 4 is 40.8 Å². The molecule has 0 radical (unpaired) electrons. The second-order valence-corrected chi connectivity index (χ2v) is 6.86. The lowest BCUT2D eigenvalue weighted by atomic mass is 10.1. The maximum Gasteiger partial charge on any atom is 0.345 e. The third kappa shape index (κ3) is 4.84. The third-order valence-electron chi connectivity index (χ3n) is 3.09. The molecule has 1 aromatic heterocycles. The summed E-state index contributed by atoms with van der Waals surface area (Å²) in [5, 5.41) is 9.28. The molecule has 1 heterocycles. The van der Waals surface area contributed by atoms with Crippen LogP contribution in [0.5, 0.6) is 11.5 Å². The number of hydrogen-bond acceptors (Lipinski definition) is 5. The van der Waals surface area contributed by atoms with Gasteiger partial charge in [0.1, 0.15) is 4.88 Å². The third-order valence-corrected chi connectivity index (χ3v) is 4.46. The van der Waals surface area contributed by atoms with Gasteiger partial charge in [-0.15, -0.1) is 11.3 Å². The molecular weight excluding hydrogens is 364 g/mol. The summed E-state index contributed by atoms with van der Waals surface area (Å²) in [7, 11) is 1.51. The smallest absolute Gasteiger partial charge is 0.345 e. The maximum atomic E-state index is 12.1. The Balaban J connectivity index is 2.23. The number of carbonyl (C=O) groups is 2. The first-order valence-corrected chi connectivity index (χ1v) is 8.61. The molecule has 0 atom stereocenters. The summed E-state index contributed by atoms with van der Waals surface area (Å²) in [4.78, 5) is 23.5. The fraction of sp³-hybridized carbons (Fsp3) is 0.222. The maximum absolute atomic E-state index is 12.1. The number of methoxy groups -OCH3 is 1. The second kappa shape index (κ2) is 8.18. The Hall–Kier alpha value is -2.31. The van der Waals surface area contributed by atoms with E-state index < -0.39 is 5.97 Å². The van der Waals surface area contributed by atoms with E-state index in [4.69, 9.17) is 26.2 Å². The number of benzene rings is 1. The molecule has 7 heteroatoms. The number of carboxylic acid groups (broad SMARTS) is 1. The van der Waals surface area contributed by atoms with Gasteiger partial charge in [-0.1, -0.05) is 17.7 Å². The fourth-order valence-electron chi connectivity index (χ4n) is 2.03. The predicted molar refractivity (Wildman–Crippen MR) is 98.4 cm³/mol. The van der Waals surface area contributed by atoms with Crippen molar-refractivity contribution in [1.82, 2.24) is 0 Å². The van der Waals surface area contributed by atoms with Crippen LogP contribution in [-0.2, 0) is 0 Å². The summed E-state index contributed by atoms with van der Waals surface area (Å²) in [6.07, 6.45) is 2.90. The summed E-state index contributed by atoms with van der Waals surface area (Å²) in [5.74, 6) is -0.412. The monoisotopic (exact) mass is 380 g/mol. The average Bonchev–Trinajstić information content (AvgIpc) is 3.04. The lowest BCUT2D eigenvalue weighted by Crippen LogP contribution is -2.07. The Labute approximate surface area is 154 Å². The van der Waals surface area contributed by atoms with E-state index in [0.29, 0.717) is 27.0 Å². The number of ether oxygens (including phenoxy) is 2. The lowest BCUT2D eigenvalue weighted by Gasteiger charge is -2.15. The molecule has 0 saturated heterocycles. The zero-order chi connectivity index (χ0) is 18.6. The second-order valence-electron chi connectivity index (χ2n) is 5.37. The van der Waals surface area contributed by atoms with Crippen LogP contribution < -0.4 is 9.47 Å². The molecule has 0 spiro atoms. The molecule has 0 amide bonds. The first-order chi connectivity index (χ1) is 11.8. The van der Waals surface area contributed by atoms with Gasteiger partial charge >= 0.3 is 5.97 Å². The molecule has 132 valence electrons. The molecular formula is C18H17ClO5S. The van der Waals surface area contributed by atoms with Gasteiger partial charge in [0, 0.05) is 0 Å². The highest BCUT2D eigenvalue weighted by Gasteiger charge is 2.14. The van der Waals surface area contributed by atoms with Crippen LogP contribution in [0.1, 0.15) is 38.8 Å². The van der Waals surface area contributed by atoms with Gasteiger partial charge in [-0.05, 0) is 49.8 Å². The number of allylic oxidation sites excluding steroid dienone is 1. The van der Waals surface area contributed by atoms with Gasteiger partial charge in [0.2, 0.25) is 0 Å². The number of carboxylic acids is 1. The van der Waals surface area contributed by atoms with Gasteiger partial charge in [-0.3, -0.25) is 4.79 Å². The molecule has 0 fully saturated rings.